The first-order valence-electron chi connectivity index (χ1n) is 4.66. The van der Waals surface area contributed by atoms with Gasteiger partial charge in [-0.2, -0.15) is 0 Å². The second-order valence-electron chi connectivity index (χ2n) is 2.99. The van der Waals surface area contributed by atoms with Crippen LogP contribution in [0.3, 0.4) is 0 Å². The maximum absolute atomic E-state index is 11.2. The third kappa shape index (κ3) is 2.98. The molecule has 1 rings (SSSR count). The van der Waals surface area contributed by atoms with Crippen molar-refractivity contribution in [1.29, 1.82) is 0 Å². The Bertz CT molecular complexity index is 390. The Labute approximate surface area is 93.4 Å². The van der Waals surface area contributed by atoms with Crippen LogP contribution in [-0.4, -0.2) is 26.4 Å². The van der Waals surface area contributed by atoms with E-state index in [9.17, 15) is 9.59 Å². The van der Waals surface area contributed by atoms with Crippen molar-refractivity contribution in [2.45, 2.75) is 6.42 Å². The van der Waals surface area contributed by atoms with Crippen LogP contribution in [0.25, 0.3) is 0 Å². The number of hydrogen-bond acceptors (Lipinski definition) is 4. The monoisotopic (exact) mass is 223 g/mol. The van der Waals surface area contributed by atoms with Crippen molar-refractivity contribution in [3.05, 3.63) is 18.2 Å². The molecule has 5 nitrogen and oxygen atoms in total. The summed E-state index contributed by atoms with van der Waals surface area (Å²) in [5, 5.41) is 2.56. The zero-order valence-corrected chi connectivity index (χ0v) is 9.15. The van der Waals surface area contributed by atoms with Gasteiger partial charge in [0.05, 0.1) is 20.6 Å². The molecule has 1 N–H and O–H groups in total. The number of ether oxygens (including phenoxy) is 2. The molecule has 1 aromatic rings. The van der Waals surface area contributed by atoms with Crippen LogP contribution >= 0.6 is 0 Å². The molecule has 1 aromatic carbocycles. The number of benzene rings is 1. The normalized spacial score (nSPS) is 9.38. The average Bonchev–Trinajstić information content (AvgIpc) is 2.29. The molecule has 0 heterocycles. The lowest BCUT2D eigenvalue weighted by atomic mass is 10.2. The zero-order valence-electron chi connectivity index (χ0n) is 9.15. The highest BCUT2D eigenvalue weighted by atomic mass is 16.5. The Balaban J connectivity index is 2.82. The van der Waals surface area contributed by atoms with Gasteiger partial charge in [0.15, 0.2) is 11.5 Å². The van der Waals surface area contributed by atoms with E-state index in [2.05, 4.69) is 5.32 Å². The molecule has 0 aliphatic heterocycles. The Hall–Kier alpha value is -2.04. The fourth-order valence-corrected chi connectivity index (χ4v) is 1.20. The molecule has 0 fully saturated rings. The summed E-state index contributed by atoms with van der Waals surface area (Å²) in [6, 6.07) is 4.97. The van der Waals surface area contributed by atoms with Gasteiger partial charge in [0.2, 0.25) is 5.91 Å². The first-order valence-corrected chi connectivity index (χ1v) is 4.66. The van der Waals surface area contributed by atoms with Crippen LogP contribution < -0.4 is 14.8 Å². The summed E-state index contributed by atoms with van der Waals surface area (Å²) in [6.07, 6.45) is 0.393. The largest absolute Gasteiger partial charge is 0.493 e. The molecule has 0 aromatic heterocycles. The highest BCUT2D eigenvalue weighted by molar-refractivity contribution is 5.98. The first kappa shape index (κ1) is 12.0. The molecular weight excluding hydrogens is 210 g/mol. The molecular formula is C11H13NO4. The van der Waals surface area contributed by atoms with Gasteiger partial charge in [-0.1, -0.05) is 0 Å². The lowest BCUT2D eigenvalue weighted by Crippen LogP contribution is -2.11. The van der Waals surface area contributed by atoms with Crippen molar-refractivity contribution in [1.82, 2.24) is 0 Å². The quantitative estimate of drug-likeness (QED) is 0.602. The van der Waals surface area contributed by atoms with Crippen LogP contribution in [0.5, 0.6) is 11.5 Å². The highest BCUT2D eigenvalue weighted by Crippen LogP contribution is 2.29. The molecule has 0 radical (unpaired) electrons. The maximum Gasteiger partial charge on any atom is 0.231 e. The van der Waals surface area contributed by atoms with Crippen LogP contribution in [0, 0.1) is 0 Å². The van der Waals surface area contributed by atoms with Gasteiger partial charge >= 0.3 is 0 Å². The molecule has 0 unspecified atom stereocenters. The standard InChI is InChI=1S/C11H13NO4/c1-15-9-4-3-8(7-10(9)16-2)12-11(14)5-6-13/h3-4,6-7H,5H2,1-2H3,(H,12,14). The van der Waals surface area contributed by atoms with Gasteiger partial charge in [-0.3, -0.25) is 4.79 Å². The highest BCUT2D eigenvalue weighted by Gasteiger charge is 2.06. The molecule has 0 saturated carbocycles. The molecule has 5 heteroatoms. The molecule has 0 aliphatic rings. The van der Waals surface area contributed by atoms with Gasteiger partial charge < -0.3 is 19.6 Å². The second-order valence-corrected chi connectivity index (χ2v) is 2.99. The van der Waals surface area contributed by atoms with E-state index in [0.29, 0.717) is 23.5 Å². The molecule has 0 atom stereocenters. The number of hydrogen-bond donors (Lipinski definition) is 1. The number of nitrogens with one attached hydrogen (secondary N) is 1. The summed E-state index contributed by atoms with van der Waals surface area (Å²) in [5.74, 6) is 0.740. The topological polar surface area (TPSA) is 64.6 Å². The third-order valence-electron chi connectivity index (χ3n) is 1.94. The average molecular weight is 223 g/mol. The van der Waals surface area contributed by atoms with Gasteiger partial charge in [-0.15, -0.1) is 0 Å². The Morgan fingerprint density at radius 1 is 1.31 bits per heavy atom. The number of aldehydes is 1. The molecule has 0 aliphatic carbocycles. The minimum atomic E-state index is -0.359. The van der Waals surface area contributed by atoms with Crippen molar-refractivity contribution in [3.8, 4) is 11.5 Å². The predicted octanol–water partition coefficient (Wildman–Crippen LogP) is 1.23. The zero-order chi connectivity index (χ0) is 12.0. The summed E-state index contributed by atoms with van der Waals surface area (Å²) in [7, 11) is 3.04. The van der Waals surface area contributed by atoms with E-state index in [0.717, 1.165) is 0 Å². The molecule has 86 valence electrons. The van der Waals surface area contributed by atoms with E-state index >= 15 is 0 Å². The fourth-order valence-electron chi connectivity index (χ4n) is 1.20. The number of carbonyl (C=O) groups is 2. The van der Waals surface area contributed by atoms with Crippen molar-refractivity contribution in [2.75, 3.05) is 19.5 Å². The van der Waals surface area contributed by atoms with Crippen LogP contribution in [-0.2, 0) is 9.59 Å². The summed E-state index contributed by atoms with van der Waals surface area (Å²) in [6.45, 7) is 0. The Morgan fingerprint density at radius 3 is 2.56 bits per heavy atom. The van der Waals surface area contributed by atoms with Crippen LogP contribution in [0.15, 0.2) is 18.2 Å². The van der Waals surface area contributed by atoms with Crippen LogP contribution in [0.1, 0.15) is 6.42 Å². The minimum Gasteiger partial charge on any atom is -0.493 e. The second kappa shape index (κ2) is 5.75. The predicted molar refractivity (Wildman–Crippen MR) is 58.9 cm³/mol. The van der Waals surface area contributed by atoms with Gasteiger partial charge in [0.1, 0.15) is 6.29 Å². The molecule has 0 spiro atoms. The maximum atomic E-state index is 11.2. The number of carbonyl (C=O) groups excluding carboxylic acids is 2. The van der Waals surface area contributed by atoms with Gasteiger partial charge in [0, 0.05) is 11.8 Å². The van der Waals surface area contributed by atoms with Crippen molar-refractivity contribution >= 4 is 17.9 Å². The van der Waals surface area contributed by atoms with E-state index in [1.165, 1.54) is 14.2 Å². The molecule has 1 amide bonds. The lowest BCUT2D eigenvalue weighted by molar-refractivity contribution is -0.119. The van der Waals surface area contributed by atoms with Gasteiger partial charge in [-0.25, -0.2) is 0 Å². The van der Waals surface area contributed by atoms with E-state index in [1.807, 2.05) is 0 Å². The fraction of sp³-hybridized carbons (Fsp3) is 0.273. The van der Waals surface area contributed by atoms with Crippen molar-refractivity contribution in [3.63, 3.8) is 0 Å². The first-order chi connectivity index (χ1) is 7.71. The smallest absolute Gasteiger partial charge is 0.231 e. The van der Waals surface area contributed by atoms with Crippen molar-refractivity contribution < 1.29 is 19.1 Å². The van der Waals surface area contributed by atoms with E-state index in [1.54, 1.807) is 18.2 Å². The summed E-state index contributed by atoms with van der Waals surface area (Å²) < 4.78 is 10.1. The van der Waals surface area contributed by atoms with Crippen LogP contribution in [0.4, 0.5) is 5.69 Å². The summed E-state index contributed by atoms with van der Waals surface area (Å²) >= 11 is 0. The van der Waals surface area contributed by atoms with E-state index in [-0.39, 0.29) is 12.3 Å². The lowest BCUT2D eigenvalue weighted by Gasteiger charge is -2.09. The third-order valence-corrected chi connectivity index (χ3v) is 1.94. The number of methoxy groups -OCH3 is 2. The number of rotatable bonds is 5. The Morgan fingerprint density at radius 2 is 2.00 bits per heavy atom. The molecule has 0 saturated heterocycles. The van der Waals surface area contributed by atoms with Crippen LogP contribution in [0.2, 0.25) is 0 Å². The summed E-state index contributed by atoms with van der Waals surface area (Å²) in [4.78, 5) is 21.3. The number of anilines is 1. The number of amides is 1. The van der Waals surface area contributed by atoms with Crippen molar-refractivity contribution in [2.24, 2.45) is 0 Å². The SMILES string of the molecule is COc1ccc(NC(=O)CC=O)cc1OC. The molecule has 0 bridgehead atoms. The summed E-state index contributed by atoms with van der Waals surface area (Å²) in [5.41, 5.74) is 0.560. The molecule has 16 heavy (non-hydrogen) atoms. The van der Waals surface area contributed by atoms with E-state index < -0.39 is 0 Å². The minimum absolute atomic E-state index is 0.158. The van der Waals surface area contributed by atoms with Gasteiger partial charge in [0.25, 0.3) is 0 Å². The van der Waals surface area contributed by atoms with E-state index in [4.69, 9.17) is 9.47 Å². The Kier molecular flexibility index (Phi) is 4.32. The van der Waals surface area contributed by atoms with Gasteiger partial charge in [-0.05, 0) is 12.1 Å².